The van der Waals surface area contributed by atoms with Gasteiger partial charge >= 0.3 is 6.03 Å². The van der Waals surface area contributed by atoms with Crippen LogP contribution in [0.2, 0.25) is 4.34 Å². The maximum atomic E-state index is 12.2. The molecule has 22 heavy (non-hydrogen) atoms. The van der Waals surface area contributed by atoms with Crippen molar-refractivity contribution in [2.45, 2.75) is 12.6 Å². The topological polar surface area (TPSA) is 48.7 Å². The first-order valence-corrected chi connectivity index (χ1v) is 8.10. The molecule has 5 nitrogen and oxygen atoms in total. The minimum Gasteiger partial charge on any atom is -0.468 e. The van der Waals surface area contributed by atoms with E-state index < -0.39 is 0 Å². The number of furan rings is 1. The highest BCUT2D eigenvalue weighted by Crippen LogP contribution is 2.22. The summed E-state index contributed by atoms with van der Waals surface area (Å²) in [6.45, 7) is 1.02. The van der Waals surface area contributed by atoms with Gasteiger partial charge < -0.3 is 14.6 Å². The Kier molecular flexibility index (Phi) is 5.88. The molecule has 0 saturated heterocycles. The van der Waals surface area contributed by atoms with E-state index in [9.17, 15) is 4.79 Å². The molecular weight excluding hydrogens is 322 g/mol. The molecule has 0 aromatic carbocycles. The first-order valence-electron chi connectivity index (χ1n) is 6.90. The number of rotatable bonds is 6. The fraction of sp³-hybridized carbons (Fsp3) is 0.400. The van der Waals surface area contributed by atoms with Crippen molar-refractivity contribution in [2.75, 3.05) is 27.7 Å². The van der Waals surface area contributed by atoms with Crippen molar-refractivity contribution in [2.24, 2.45) is 0 Å². The van der Waals surface area contributed by atoms with E-state index in [-0.39, 0.29) is 12.1 Å². The van der Waals surface area contributed by atoms with Crippen LogP contribution in [0.5, 0.6) is 0 Å². The van der Waals surface area contributed by atoms with Crippen molar-refractivity contribution in [1.82, 2.24) is 15.1 Å². The van der Waals surface area contributed by atoms with E-state index in [4.69, 9.17) is 16.0 Å². The van der Waals surface area contributed by atoms with Gasteiger partial charge in [-0.2, -0.15) is 0 Å². The minimum atomic E-state index is -0.122. The van der Waals surface area contributed by atoms with Gasteiger partial charge in [0.25, 0.3) is 0 Å². The molecule has 1 atom stereocenters. The lowest BCUT2D eigenvalue weighted by Crippen LogP contribution is -2.41. The second kappa shape index (κ2) is 7.67. The maximum absolute atomic E-state index is 12.2. The molecule has 0 fully saturated rings. The summed E-state index contributed by atoms with van der Waals surface area (Å²) in [6, 6.07) is 7.41. The zero-order valence-electron chi connectivity index (χ0n) is 12.9. The Morgan fingerprint density at radius 2 is 2.14 bits per heavy atom. The number of nitrogens with zero attached hydrogens (tertiary/aromatic N) is 2. The van der Waals surface area contributed by atoms with Crippen molar-refractivity contribution in [1.29, 1.82) is 0 Å². The van der Waals surface area contributed by atoms with Crippen LogP contribution in [-0.4, -0.2) is 43.5 Å². The highest BCUT2D eigenvalue weighted by atomic mass is 35.5. The summed E-state index contributed by atoms with van der Waals surface area (Å²) in [5.74, 6) is 0.831. The number of hydrogen-bond acceptors (Lipinski definition) is 4. The fourth-order valence-electron chi connectivity index (χ4n) is 2.08. The summed E-state index contributed by atoms with van der Waals surface area (Å²) in [5.41, 5.74) is 0. The summed E-state index contributed by atoms with van der Waals surface area (Å²) in [7, 11) is 5.67. The second-order valence-electron chi connectivity index (χ2n) is 5.24. The molecule has 0 unspecified atom stereocenters. The molecule has 2 amide bonds. The lowest BCUT2D eigenvalue weighted by atomic mass is 10.2. The van der Waals surface area contributed by atoms with E-state index in [1.165, 1.54) is 11.3 Å². The third-order valence-corrected chi connectivity index (χ3v) is 4.53. The first-order chi connectivity index (χ1) is 10.5. The van der Waals surface area contributed by atoms with Crippen molar-refractivity contribution in [3.8, 4) is 0 Å². The number of amides is 2. The van der Waals surface area contributed by atoms with Gasteiger partial charge in [0, 0.05) is 18.5 Å². The van der Waals surface area contributed by atoms with Gasteiger partial charge in [-0.1, -0.05) is 11.6 Å². The van der Waals surface area contributed by atoms with Crippen LogP contribution in [0.1, 0.15) is 16.7 Å². The van der Waals surface area contributed by atoms with Gasteiger partial charge in [0.05, 0.1) is 23.2 Å². The largest absolute Gasteiger partial charge is 0.468 e. The van der Waals surface area contributed by atoms with E-state index in [1.807, 2.05) is 43.3 Å². The standard InChI is InChI=1S/C15H20ClN3O2S/c1-18(2)12(13-5-4-8-21-13)9-17-15(20)19(3)10-11-6-7-14(16)22-11/h4-8,12H,9-10H2,1-3H3,(H,17,20)/t12-/m0/s1. The Bertz CT molecular complexity index is 598. The number of nitrogens with one attached hydrogen (secondary N) is 1. The lowest BCUT2D eigenvalue weighted by molar-refractivity contribution is 0.197. The predicted octanol–water partition coefficient (Wildman–Crippen LogP) is 3.44. The number of halogens is 1. The zero-order valence-corrected chi connectivity index (χ0v) is 14.4. The summed E-state index contributed by atoms with van der Waals surface area (Å²) >= 11 is 7.38. The number of hydrogen-bond donors (Lipinski definition) is 1. The zero-order chi connectivity index (χ0) is 16.1. The molecule has 7 heteroatoms. The van der Waals surface area contributed by atoms with Crippen LogP contribution in [-0.2, 0) is 6.54 Å². The van der Waals surface area contributed by atoms with E-state index in [2.05, 4.69) is 5.32 Å². The van der Waals surface area contributed by atoms with Crippen LogP contribution in [0, 0.1) is 0 Å². The summed E-state index contributed by atoms with van der Waals surface area (Å²) in [5, 5.41) is 2.94. The highest BCUT2D eigenvalue weighted by Gasteiger charge is 2.19. The average molecular weight is 342 g/mol. The Hall–Kier alpha value is -1.50. The van der Waals surface area contributed by atoms with Crippen LogP contribution in [0.25, 0.3) is 0 Å². The van der Waals surface area contributed by atoms with Crippen LogP contribution in [0.15, 0.2) is 34.9 Å². The SMILES string of the molecule is CN(Cc1ccc(Cl)s1)C(=O)NC[C@@H](c1ccco1)N(C)C. The van der Waals surface area contributed by atoms with E-state index in [0.717, 1.165) is 15.0 Å². The van der Waals surface area contributed by atoms with Gasteiger partial charge in [-0.05, 0) is 38.4 Å². The van der Waals surface area contributed by atoms with Crippen molar-refractivity contribution < 1.29 is 9.21 Å². The van der Waals surface area contributed by atoms with Gasteiger partial charge in [0.1, 0.15) is 5.76 Å². The third-order valence-electron chi connectivity index (χ3n) is 3.31. The molecule has 1 N–H and O–H groups in total. The molecule has 2 aromatic heterocycles. The van der Waals surface area contributed by atoms with Crippen LogP contribution < -0.4 is 5.32 Å². The molecule has 0 bridgehead atoms. The number of carbonyl (C=O) groups excluding carboxylic acids is 1. The first kappa shape index (κ1) is 16.9. The Balaban J connectivity index is 1.88. The molecule has 0 aliphatic carbocycles. The summed E-state index contributed by atoms with van der Waals surface area (Å²) in [4.78, 5) is 16.9. The van der Waals surface area contributed by atoms with Crippen LogP contribution >= 0.6 is 22.9 Å². The van der Waals surface area contributed by atoms with Gasteiger partial charge in [0.2, 0.25) is 0 Å². The maximum Gasteiger partial charge on any atom is 0.317 e. The van der Waals surface area contributed by atoms with Crippen molar-refractivity contribution >= 4 is 29.0 Å². The number of urea groups is 1. The number of carbonyl (C=O) groups is 1. The molecule has 0 aliphatic heterocycles. The second-order valence-corrected chi connectivity index (χ2v) is 7.04. The smallest absolute Gasteiger partial charge is 0.317 e. The number of thiophene rings is 1. The van der Waals surface area contributed by atoms with Crippen molar-refractivity contribution in [3.05, 3.63) is 45.5 Å². The summed E-state index contributed by atoms with van der Waals surface area (Å²) < 4.78 is 6.16. The molecule has 120 valence electrons. The van der Waals surface area contributed by atoms with Gasteiger partial charge in [-0.3, -0.25) is 4.90 Å². The van der Waals surface area contributed by atoms with Gasteiger partial charge in [0.15, 0.2) is 0 Å². The Morgan fingerprint density at radius 1 is 1.36 bits per heavy atom. The molecule has 0 spiro atoms. The average Bonchev–Trinajstić information content (AvgIpc) is 3.10. The van der Waals surface area contributed by atoms with Crippen LogP contribution in [0.3, 0.4) is 0 Å². The minimum absolute atomic E-state index is 0.00327. The molecule has 0 aliphatic rings. The number of likely N-dealkylation sites (N-methyl/N-ethyl adjacent to an activating group) is 1. The molecule has 0 saturated carbocycles. The Morgan fingerprint density at radius 3 is 2.68 bits per heavy atom. The molecule has 2 aromatic rings. The van der Waals surface area contributed by atoms with Crippen molar-refractivity contribution in [3.63, 3.8) is 0 Å². The molecule has 2 rings (SSSR count). The van der Waals surface area contributed by atoms with Gasteiger partial charge in [-0.15, -0.1) is 11.3 Å². The molecular formula is C15H20ClN3O2S. The molecule has 0 radical (unpaired) electrons. The molecule has 2 heterocycles. The van der Waals surface area contributed by atoms with Crippen LogP contribution in [0.4, 0.5) is 4.79 Å². The van der Waals surface area contributed by atoms with Gasteiger partial charge in [-0.25, -0.2) is 4.79 Å². The highest BCUT2D eigenvalue weighted by molar-refractivity contribution is 7.16. The lowest BCUT2D eigenvalue weighted by Gasteiger charge is -2.24. The fourth-order valence-corrected chi connectivity index (χ4v) is 3.22. The quantitative estimate of drug-likeness (QED) is 0.875. The normalized spacial score (nSPS) is 12.4. The monoisotopic (exact) mass is 341 g/mol. The van der Waals surface area contributed by atoms with E-state index in [1.54, 1.807) is 18.2 Å². The van der Waals surface area contributed by atoms with E-state index >= 15 is 0 Å². The van der Waals surface area contributed by atoms with E-state index in [0.29, 0.717) is 13.1 Å². The third kappa shape index (κ3) is 4.50. The Labute approximate surface area is 139 Å². The predicted molar refractivity (Wildman–Crippen MR) is 89.3 cm³/mol. The summed E-state index contributed by atoms with van der Waals surface area (Å²) in [6.07, 6.45) is 1.64.